The topological polar surface area (TPSA) is 124 Å². The third-order valence-corrected chi connectivity index (χ3v) is 8.65. The SMILES string of the molecule is CC(C)n1nnc2cc(C(=O)N3CCCN(C(=O)c4cc(CC5NNC(=O)C6CCCNC56)ccc4F)CC3)ccc21. The lowest BCUT2D eigenvalue weighted by atomic mass is 9.82. The molecule has 0 aliphatic carbocycles. The lowest BCUT2D eigenvalue weighted by Gasteiger charge is -2.41. The monoisotopic (exact) mass is 576 g/mol. The summed E-state index contributed by atoms with van der Waals surface area (Å²) in [4.78, 5) is 42.5. The minimum Gasteiger partial charge on any atom is -0.337 e. The van der Waals surface area contributed by atoms with Gasteiger partial charge in [-0.3, -0.25) is 19.8 Å². The van der Waals surface area contributed by atoms with Crippen LogP contribution >= 0.6 is 0 Å². The van der Waals surface area contributed by atoms with Crippen LogP contribution in [-0.2, 0) is 11.2 Å². The Balaban J connectivity index is 1.12. The Morgan fingerprint density at radius 1 is 1.02 bits per heavy atom. The summed E-state index contributed by atoms with van der Waals surface area (Å²) in [5.74, 6) is -1.19. The number of fused-ring (bicyclic) bond motifs is 2. The lowest BCUT2D eigenvalue weighted by Crippen LogP contribution is -2.67. The average Bonchev–Trinajstić information content (AvgIpc) is 3.27. The number of hydrogen-bond donors (Lipinski definition) is 3. The first-order valence-electron chi connectivity index (χ1n) is 14.8. The van der Waals surface area contributed by atoms with Gasteiger partial charge in [0.2, 0.25) is 5.91 Å². The zero-order chi connectivity index (χ0) is 29.4. The molecule has 3 fully saturated rings. The highest BCUT2D eigenvalue weighted by Gasteiger charge is 2.40. The van der Waals surface area contributed by atoms with E-state index in [9.17, 15) is 18.8 Å². The quantitative estimate of drug-likeness (QED) is 0.425. The van der Waals surface area contributed by atoms with Gasteiger partial charge in [0, 0.05) is 49.9 Å². The van der Waals surface area contributed by atoms with Crippen LogP contribution in [0.15, 0.2) is 36.4 Å². The van der Waals surface area contributed by atoms with Crippen LogP contribution in [0.5, 0.6) is 0 Å². The summed E-state index contributed by atoms with van der Waals surface area (Å²) >= 11 is 0. The van der Waals surface area contributed by atoms with E-state index in [-0.39, 0.29) is 47.3 Å². The van der Waals surface area contributed by atoms with Gasteiger partial charge in [0.05, 0.1) is 17.0 Å². The third kappa shape index (κ3) is 5.48. The van der Waals surface area contributed by atoms with Crippen molar-refractivity contribution in [2.75, 3.05) is 32.7 Å². The maximum Gasteiger partial charge on any atom is 0.256 e. The normalized spacial score (nSPS) is 23.0. The van der Waals surface area contributed by atoms with Gasteiger partial charge in [-0.05, 0) is 82.0 Å². The predicted octanol–water partition coefficient (Wildman–Crippen LogP) is 2.05. The Hall–Kier alpha value is -3.90. The summed E-state index contributed by atoms with van der Waals surface area (Å²) in [6.07, 6.45) is 2.90. The van der Waals surface area contributed by atoms with E-state index in [1.165, 1.54) is 6.07 Å². The van der Waals surface area contributed by atoms with Crippen LogP contribution in [0.4, 0.5) is 4.39 Å². The van der Waals surface area contributed by atoms with Crippen molar-refractivity contribution in [2.24, 2.45) is 5.92 Å². The summed E-state index contributed by atoms with van der Waals surface area (Å²) in [5, 5.41) is 11.9. The molecule has 2 aromatic carbocycles. The molecular formula is C30H37FN8O3. The van der Waals surface area contributed by atoms with Gasteiger partial charge in [-0.1, -0.05) is 11.3 Å². The standard InChI is InChI=1S/C30H37FN8O3/c1-18(2)39-26-9-7-20(17-24(26)34-36-39)29(41)37-11-4-12-38(14-13-37)30(42)22-15-19(6-8-23(22)31)16-25-27-21(5-3-10-32-27)28(40)35-33-25/h6-9,15,17-18,21,25,27,32-33H,3-5,10-14,16H2,1-2H3,(H,35,40). The maximum atomic E-state index is 15.0. The van der Waals surface area contributed by atoms with Gasteiger partial charge in [-0.2, -0.15) is 0 Å². The second kappa shape index (κ2) is 11.8. The summed E-state index contributed by atoms with van der Waals surface area (Å²) in [6, 6.07) is 10.1. The molecule has 3 atom stereocenters. The van der Waals surface area contributed by atoms with Crippen molar-refractivity contribution in [1.29, 1.82) is 0 Å². The number of piperidine rings is 1. The molecule has 12 heteroatoms. The van der Waals surface area contributed by atoms with E-state index in [1.807, 2.05) is 24.6 Å². The van der Waals surface area contributed by atoms with Crippen molar-refractivity contribution >= 4 is 28.8 Å². The van der Waals surface area contributed by atoms with E-state index < -0.39 is 5.82 Å². The maximum absolute atomic E-state index is 15.0. The third-order valence-electron chi connectivity index (χ3n) is 8.65. The number of hydrazine groups is 1. The Morgan fingerprint density at radius 2 is 1.81 bits per heavy atom. The van der Waals surface area contributed by atoms with Crippen molar-refractivity contribution in [1.82, 2.24) is 41.0 Å². The number of aromatic nitrogens is 3. The first-order valence-corrected chi connectivity index (χ1v) is 14.8. The number of carbonyl (C=O) groups excluding carboxylic acids is 3. The van der Waals surface area contributed by atoms with Crippen LogP contribution in [0.3, 0.4) is 0 Å². The Morgan fingerprint density at radius 3 is 2.60 bits per heavy atom. The number of nitrogens with zero attached hydrogens (tertiary/aromatic N) is 5. The van der Waals surface area contributed by atoms with Crippen molar-refractivity contribution in [3.05, 3.63) is 58.9 Å². The van der Waals surface area contributed by atoms with Crippen molar-refractivity contribution in [2.45, 2.75) is 57.7 Å². The van der Waals surface area contributed by atoms with Gasteiger partial charge in [-0.25, -0.2) is 14.5 Å². The summed E-state index contributed by atoms with van der Waals surface area (Å²) < 4.78 is 16.8. The first kappa shape index (κ1) is 28.2. The number of hydrogen-bond acceptors (Lipinski definition) is 7. The zero-order valence-electron chi connectivity index (χ0n) is 24.0. The molecule has 11 nitrogen and oxygen atoms in total. The fourth-order valence-electron chi connectivity index (χ4n) is 6.40. The molecule has 1 aromatic heterocycles. The van der Waals surface area contributed by atoms with Crippen LogP contribution in [-0.4, -0.2) is 87.3 Å². The van der Waals surface area contributed by atoms with Gasteiger partial charge >= 0.3 is 0 Å². The molecular weight excluding hydrogens is 539 g/mol. The molecule has 3 aliphatic heterocycles. The Labute approximate surface area is 243 Å². The predicted molar refractivity (Wildman–Crippen MR) is 154 cm³/mol. The molecule has 3 aromatic rings. The van der Waals surface area contributed by atoms with Crippen LogP contribution in [0.25, 0.3) is 11.0 Å². The smallest absolute Gasteiger partial charge is 0.256 e. The fourth-order valence-corrected chi connectivity index (χ4v) is 6.40. The van der Waals surface area contributed by atoms with Crippen LogP contribution in [0.1, 0.15) is 65.4 Å². The van der Waals surface area contributed by atoms with E-state index >= 15 is 0 Å². The first-order chi connectivity index (χ1) is 20.3. The second-order valence-corrected chi connectivity index (χ2v) is 11.8. The molecule has 3 aliphatic rings. The molecule has 0 spiro atoms. The average molecular weight is 577 g/mol. The fraction of sp³-hybridized carbons (Fsp3) is 0.500. The van der Waals surface area contributed by atoms with Gasteiger partial charge in [0.25, 0.3) is 11.8 Å². The van der Waals surface area contributed by atoms with Crippen molar-refractivity contribution < 1.29 is 18.8 Å². The molecule has 0 radical (unpaired) electrons. The molecule has 0 saturated carbocycles. The minimum atomic E-state index is -0.567. The molecule has 0 bridgehead atoms. The van der Waals surface area contributed by atoms with E-state index in [2.05, 4.69) is 26.5 Å². The van der Waals surface area contributed by atoms with Crippen molar-refractivity contribution in [3.8, 4) is 0 Å². The van der Waals surface area contributed by atoms with Crippen molar-refractivity contribution in [3.63, 3.8) is 0 Å². The van der Waals surface area contributed by atoms with E-state index in [0.29, 0.717) is 50.1 Å². The van der Waals surface area contributed by atoms with Crippen LogP contribution in [0.2, 0.25) is 0 Å². The second-order valence-electron chi connectivity index (χ2n) is 11.8. The number of benzene rings is 2. The Bertz CT molecular complexity index is 1510. The molecule has 6 rings (SSSR count). The number of halogens is 1. The highest BCUT2D eigenvalue weighted by atomic mass is 19.1. The Kier molecular flexibility index (Phi) is 7.91. The van der Waals surface area contributed by atoms with Crippen LogP contribution < -0.4 is 16.2 Å². The van der Waals surface area contributed by atoms with Gasteiger partial charge < -0.3 is 15.1 Å². The van der Waals surface area contributed by atoms with Gasteiger partial charge in [0.15, 0.2) is 0 Å². The summed E-state index contributed by atoms with van der Waals surface area (Å²) in [7, 11) is 0. The summed E-state index contributed by atoms with van der Waals surface area (Å²) in [5.41, 5.74) is 8.78. The highest BCUT2D eigenvalue weighted by Crippen LogP contribution is 2.25. The van der Waals surface area contributed by atoms with Crippen LogP contribution in [0, 0.1) is 11.7 Å². The van der Waals surface area contributed by atoms with E-state index in [4.69, 9.17) is 0 Å². The number of carbonyl (C=O) groups is 3. The van der Waals surface area contributed by atoms with Gasteiger partial charge in [0.1, 0.15) is 11.3 Å². The van der Waals surface area contributed by atoms with E-state index in [1.54, 1.807) is 34.1 Å². The molecule has 42 heavy (non-hydrogen) atoms. The molecule has 222 valence electrons. The number of nitrogens with one attached hydrogen (secondary N) is 3. The van der Waals surface area contributed by atoms with E-state index in [0.717, 1.165) is 30.5 Å². The largest absolute Gasteiger partial charge is 0.337 e. The molecule has 3 unspecified atom stereocenters. The molecule has 3 saturated heterocycles. The zero-order valence-corrected chi connectivity index (χ0v) is 24.0. The summed E-state index contributed by atoms with van der Waals surface area (Å²) in [6.45, 7) is 6.48. The number of rotatable bonds is 5. The minimum absolute atomic E-state index is 0.00781. The molecule has 3 N–H and O–H groups in total. The highest BCUT2D eigenvalue weighted by molar-refractivity contribution is 5.98. The number of amides is 3. The molecule has 4 heterocycles. The van der Waals surface area contributed by atoms with Gasteiger partial charge in [-0.15, -0.1) is 5.10 Å². The molecule has 3 amide bonds. The lowest BCUT2D eigenvalue weighted by molar-refractivity contribution is -0.131.